The van der Waals surface area contributed by atoms with Crippen LogP contribution in [0.5, 0.6) is 0 Å². The van der Waals surface area contributed by atoms with Crippen LogP contribution in [0.2, 0.25) is 0 Å². The van der Waals surface area contributed by atoms with Crippen molar-refractivity contribution in [1.82, 2.24) is 25.0 Å². The smallest absolute Gasteiger partial charge is 0.252 e. The fourth-order valence-corrected chi connectivity index (χ4v) is 7.44. The number of fused-ring (bicyclic) bond motifs is 1. The molecule has 3 aliphatic rings. The van der Waals surface area contributed by atoms with Gasteiger partial charge in [-0.3, -0.25) is 19.3 Å². The van der Waals surface area contributed by atoms with Gasteiger partial charge >= 0.3 is 0 Å². The van der Waals surface area contributed by atoms with Crippen LogP contribution in [0.4, 0.5) is 4.39 Å². The average molecular weight is 622 g/mol. The van der Waals surface area contributed by atoms with Gasteiger partial charge in [-0.25, -0.2) is 9.37 Å². The van der Waals surface area contributed by atoms with Crippen LogP contribution >= 0.6 is 11.3 Å². The summed E-state index contributed by atoms with van der Waals surface area (Å²) in [5, 5.41) is 5.70. The second kappa shape index (κ2) is 13.7. The second-order valence-corrected chi connectivity index (χ2v) is 13.1. The van der Waals surface area contributed by atoms with E-state index in [4.69, 9.17) is 9.72 Å². The van der Waals surface area contributed by atoms with Crippen molar-refractivity contribution in [1.29, 1.82) is 0 Å². The number of rotatable bonds is 8. The van der Waals surface area contributed by atoms with E-state index in [-0.39, 0.29) is 36.9 Å². The van der Waals surface area contributed by atoms with Gasteiger partial charge in [0, 0.05) is 49.7 Å². The lowest BCUT2D eigenvalue weighted by Crippen LogP contribution is -2.54. The number of nitrogens with one attached hydrogen (secondary N) is 1. The first kappa shape index (κ1) is 30.6. The Morgan fingerprint density at radius 3 is 2.64 bits per heavy atom. The zero-order valence-electron chi connectivity index (χ0n) is 25.2. The molecule has 3 fully saturated rings. The van der Waals surface area contributed by atoms with Crippen molar-refractivity contribution in [3.05, 3.63) is 52.7 Å². The molecule has 0 radical (unpaired) electrons. The maximum Gasteiger partial charge on any atom is 0.252 e. The summed E-state index contributed by atoms with van der Waals surface area (Å²) in [5.41, 5.74) is 2.32. The lowest BCUT2D eigenvalue weighted by atomic mass is 9.84. The normalized spacial score (nSPS) is 19.4. The van der Waals surface area contributed by atoms with Crippen molar-refractivity contribution in [2.45, 2.75) is 51.6 Å². The molecule has 2 aliphatic heterocycles. The van der Waals surface area contributed by atoms with E-state index in [1.165, 1.54) is 42.7 Å². The lowest BCUT2D eigenvalue weighted by molar-refractivity contribution is -0.145. The topological polar surface area (TPSA) is 95.1 Å². The monoisotopic (exact) mass is 621 g/mol. The molecule has 1 aromatic carbocycles. The van der Waals surface area contributed by atoms with E-state index in [1.807, 2.05) is 22.4 Å². The Bertz CT molecular complexity index is 1500. The number of halogens is 1. The number of benzene rings is 1. The fourth-order valence-electron chi connectivity index (χ4n) is 6.70. The van der Waals surface area contributed by atoms with E-state index in [1.54, 1.807) is 15.9 Å². The molecular weight excluding hydrogens is 581 g/mol. The van der Waals surface area contributed by atoms with Crippen LogP contribution in [0.15, 0.2) is 35.7 Å². The number of carbonyl (C=O) groups excluding carboxylic acids is 3. The third kappa shape index (κ3) is 6.79. The Morgan fingerprint density at radius 2 is 1.91 bits per heavy atom. The number of nitrogens with zero attached hydrogens (tertiary/aromatic N) is 4. The molecule has 234 valence electrons. The highest BCUT2D eigenvalue weighted by atomic mass is 32.1. The summed E-state index contributed by atoms with van der Waals surface area (Å²) < 4.78 is 20.0. The lowest BCUT2D eigenvalue weighted by Gasteiger charge is -2.36. The van der Waals surface area contributed by atoms with Gasteiger partial charge in [-0.05, 0) is 55.3 Å². The summed E-state index contributed by atoms with van der Waals surface area (Å²) in [6.45, 7) is 5.57. The van der Waals surface area contributed by atoms with Gasteiger partial charge in [-0.1, -0.05) is 25.3 Å². The van der Waals surface area contributed by atoms with E-state index in [2.05, 4.69) is 12.2 Å². The van der Waals surface area contributed by atoms with Crippen LogP contribution in [-0.4, -0.2) is 95.9 Å². The third-order valence-corrected chi connectivity index (χ3v) is 10.1. The molecule has 9 nitrogen and oxygen atoms in total. The number of aromatic nitrogens is 1. The van der Waals surface area contributed by atoms with Crippen molar-refractivity contribution in [3.8, 4) is 10.6 Å². The fraction of sp³-hybridized carbons (Fsp3) is 0.515. The molecule has 2 aromatic heterocycles. The molecule has 0 unspecified atom stereocenters. The minimum absolute atomic E-state index is 0.0215. The van der Waals surface area contributed by atoms with Crippen LogP contribution < -0.4 is 5.32 Å². The van der Waals surface area contributed by atoms with Gasteiger partial charge in [-0.15, -0.1) is 11.3 Å². The van der Waals surface area contributed by atoms with Crippen LogP contribution in [0.3, 0.4) is 0 Å². The van der Waals surface area contributed by atoms with Gasteiger partial charge in [0.2, 0.25) is 11.8 Å². The van der Waals surface area contributed by atoms with E-state index in [9.17, 15) is 18.8 Å². The largest absolute Gasteiger partial charge is 0.378 e. The number of ether oxygens (including phenoxy) is 1. The van der Waals surface area contributed by atoms with Crippen molar-refractivity contribution < 1.29 is 23.5 Å². The SMILES string of the molecule is C[C@H](NC(=O)c1c(CN2CCN(CC(=O)N3CCOCC3)C(=O)C2)c(-c2cccs2)nc2ccc(F)cc12)C1CCCCC1. The minimum atomic E-state index is -0.433. The van der Waals surface area contributed by atoms with Crippen LogP contribution in [-0.2, 0) is 20.9 Å². The predicted octanol–water partition coefficient (Wildman–Crippen LogP) is 4.30. The first-order chi connectivity index (χ1) is 21.4. The Hall–Kier alpha value is -3.41. The van der Waals surface area contributed by atoms with Crippen LogP contribution in [0, 0.1) is 11.7 Å². The standard InChI is InChI=1S/C33H40FN5O4S/c1-22(23-6-3-2-4-7-23)35-33(42)31-25-18-24(34)9-10-27(25)36-32(28-8-5-17-44-28)26(31)19-37-11-12-39(29(40)20-37)21-30(41)38-13-15-43-16-14-38/h5,8-10,17-18,22-23H,2-4,6-7,11-16,19-21H2,1H3,(H,35,42)/t22-/m0/s1. The summed E-state index contributed by atoms with van der Waals surface area (Å²) in [6.07, 6.45) is 5.73. The average Bonchev–Trinajstić information content (AvgIpc) is 3.58. The first-order valence-corrected chi connectivity index (χ1v) is 16.6. The summed E-state index contributed by atoms with van der Waals surface area (Å²) in [4.78, 5) is 51.5. The predicted molar refractivity (Wildman–Crippen MR) is 168 cm³/mol. The number of morpholine rings is 1. The van der Waals surface area contributed by atoms with E-state index < -0.39 is 5.82 Å². The number of thiophene rings is 1. The molecule has 44 heavy (non-hydrogen) atoms. The molecule has 11 heteroatoms. The van der Waals surface area contributed by atoms with Crippen molar-refractivity contribution in [2.75, 3.05) is 52.5 Å². The van der Waals surface area contributed by atoms with E-state index in [0.717, 1.165) is 17.7 Å². The van der Waals surface area contributed by atoms with Crippen molar-refractivity contribution >= 4 is 40.0 Å². The molecule has 6 rings (SSSR count). The Labute approximate surface area is 261 Å². The summed E-state index contributed by atoms with van der Waals surface area (Å²) in [7, 11) is 0. The second-order valence-electron chi connectivity index (χ2n) is 12.1. The molecule has 4 heterocycles. The maximum atomic E-state index is 14.7. The quantitative estimate of drug-likeness (QED) is 0.403. The van der Waals surface area contributed by atoms with Gasteiger partial charge < -0.3 is 19.9 Å². The molecule has 3 amide bonds. The van der Waals surface area contributed by atoms with Crippen LogP contribution in [0.25, 0.3) is 21.5 Å². The van der Waals surface area contributed by atoms with E-state index >= 15 is 0 Å². The van der Waals surface area contributed by atoms with Gasteiger partial charge in [0.05, 0.1) is 48.0 Å². The maximum absolute atomic E-state index is 14.7. The van der Waals surface area contributed by atoms with E-state index in [0.29, 0.717) is 79.6 Å². The zero-order chi connectivity index (χ0) is 30.6. The molecule has 1 atom stereocenters. The van der Waals surface area contributed by atoms with Gasteiger partial charge in [0.15, 0.2) is 0 Å². The third-order valence-electron chi connectivity index (χ3n) is 9.21. The molecule has 0 spiro atoms. The summed E-state index contributed by atoms with van der Waals surface area (Å²) >= 11 is 1.53. The van der Waals surface area contributed by atoms with Gasteiger partial charge in [0.1, 0.15) is 5.82 Å². The molecule has 1 aliphatic carbocycles. The highest BCUT2D eigenvalue weighted by Crippen LogP contribution is 2.35. The van der Waals surface area contributed by atoms with Crippen molar-refractivity contribution in [3.63, 3.8) is 0 Å². The Balaban J connectivity index is 1.29. The van der Waals surface area contributed by atoms with Gasteiger partial charge in [-0.2, -0.15) is 0 Å². The molecule has 1 saturated carbocycles. The first-order valence-electron chi connectivity index (χ1n) is 15.7. The number of hydrogen-bond donors (Lipinski definition) is 1. The van der Waals surface area contributed by atoms with Crippen LogP contribution in [0.1, 0.15) is 54.9 Å². The Morgan fingerprint density at radius 1 is 1.11 bits per heavy atom. The van der Waals surface area contributed by atoms with Gasteiger partial charge in [0.25, 0.3) is 5.91 Å². The number of piperazine rings is 1. The number of hydrogen-bond acceptors (Lipinski definition) is 7. The molecule has 1 N–H and O–H groups in total. The Kier molecular flexibility index (Phi) is 9.53. The number of pyridine rings is 1. The number of carbonyl (C=O) groups is 3. The molecule has 0 bridgehead atoms. The molecular formula is C33H40FN5O4S. The molecule has 3 aromatic rings. The minimum Gasteiger partial charge on any atom is -0.378 e. The summed E-state index contributed by atoms with van der Waals surface area (Å²) in [6, 6.07) is 8.28. The zero-order valence-corrected chi connectivity index (χ0v) is 26.0. The highest BCUT2D eigenvalue weighted by Gasteiger charge is 2.31. The molecule has 2 saturated heterocycles. The van der Waals surface area contributed by atoms with Crippen molar-refractivity contribution in [2.24, 2.45) is 5.92 Å². The summed E-state index contributed by atoms with van der Waals surface area (Å²) in [5.74, 6) is -0.468. The highest BCUT2D eigenvalue weighted by molar-refractivity contribution is 7.13. The number of amides is 3.